The third-order valence-electron chi connectivity index (χ3n) is 7.45. The molecule has 0 aromatic carbocycles. The highest BCUT2D eigenvalue weighted by atomic mass is 32.2. The molecule has 12 heteroatoms. The predicted molar refractivity (Wildman–Crippen MR) is 132 cm³/mol. The lowest BCUT2D eigenvalue weighted by atomic mass is 9.81. The van der Waals surface area contributed by atoms with Gasteiger partial charge in [0.1, 0.15) is 0 Å². The molecule has 3 saturated heterocycles. The largest absolute Gasteiger partial charge is 0.378 e. The molecule has 0 aromatic rings. The number of urea groups is 1. The van der Waals surface area contributed by atoms with Crippen molar-refractivity contribution in [2.24, 2.45) is 5.11 Å². The summed E-state index contributed by atoms with van der Waals surface area (Å²) in [5, 5.41) is 13.9. The molecule has 4 rings (SSSR count). The number of hydrogen-bond acceptors (Lipinski definition) is 7. The van der Waals surface area contributed by atoms with Crippen molar-refractivity contribution < 1.29 is 23.8 Å². The van der Waals surface area contributed by atoms with E-state index in [-0.39, 0.29) is 24.0 Å². The summed E-state index contributed by atoms with van der Waals surface area (Å²) in [6, 6.07) is 0.349. The Hall–Kier alpha value is -1.72. The smallest absolute Gasteiger partial charge is 0.315 e. The fourth-order valence-corrected chi connectivity index (χ4v) is 7.37. The molecule has 11 nitrogen and oxygen atoms in total. The Labute approximate surface area is 210 Å². The lowest BCUT2D eigenvalue weighted by molar-refractivity contribution is -0.125. The summed E-state index contributed by atoms with van der Waals surface area (Å²) < 4.78 is 17.3. The molecule has 0 aromatic heterocycles. The van der Waals surface area contributed by atoms with Crippen LogP contribution in [0.3, 0.4) is 0 Å². The molecule has 3 heterocycles. The van der Waals surface area contributed by atoms with Gasteiger partial charge in [-0.05, 0) is 37.6 Å². The number of carbonyl (C=O) groups is 2. The summed E-state index contributed by atoms with van der Waals surface area (Å²) in [5.41, 5.74) is 8.00. The van der Waals surface area contributed by atoms with Gasteiger partial charge in [0.25, 0.3) is 0 Å². The van der Waals surface area contributed by atoms with E-state index in [4.69, 9.17) is 14.2 Å². The summed E-state index contributed by atoms with van der Waals surface area (Å²) in [6.45, 7) is 2.50. The minimum atomic E-state index is -0.711. The molecule has 196 valence electrons. The molecule has 5 atom stereocenters. The number of unbranched alkanes of at least 4 members (excludes halogenated alkanes) is 1. The fourth-order valence-electron chi connectivity index (χ4n) is 5.82. The van der Waals surface area contributed by atoms with Crippen molar-refractivity contribution in [3.63, 3.8) is 0 Å². The van der Waals surface area contributed by atoms with E-state index in [2.05, 4.69) is 26.0 Å². The van der Waals surface area contributed by atoms with Gasteiger partial charge in [-0.25, -0.2) is 4.79 Å². The third kappa shape index (κ3) is 7.16. The number of ether oxygens (including phenoxy) is 3. The van der Waals surface area contributed by atoms with Crippen LogP contribution in [0, 0.1) is 0 Å². The van der Waals surface area contributed by atoms with Gasteiger partial charge < -0.3 is 30.2 Å². The van der Waals surface area contributed by atoms with Crippen molar-refractivity contribution in [3.05, 3.63) is 10.4 Å². The zero-order valence-corrected chi connectivity index (χ0v) is 21.2. The van der Waals surface area contributed by atoms with Gasteiger partial charge in [0.15, 0.2) is 0 Å². The van der Waals surface area contributed by atoms with Crippen LogP contribution in [0.1, 0.15) is 57.8 Å². The summed E-state index contributed by atoms with van der Waals surface area (Å²) in [5.74, 6) is 0.945. The van der Waals surface area contributed by atoms with Crippen molar-refractivity contribution in [1.29, 1.82) is 0 Å². The van der Waals surface area contributed by atoms with Crippen molar-refractivity contribution in [2.75, 3.05) is 45.4 Å². The fraction of sp³-hybridized carbons (Fsp3) is 0.913. The molecule has 35 heavy (non-hydrogen) atoms. The van der Waals surface area contributed by atoms with Gasteiger partial charge in [-0.3, -0.25) is 4.79 Å². The second-order valence-electron chi connectivity index (χ2n) is 10.2. The van der Waals surface area contributed by atoms with Crippen LogP contribution in [0.25, 0.3) is 10.4 Å². The zero-order valence-electron chi connectivity index (χ0n) is 20.3. The van der Waals surface area contributed by atoms with Gasteiger partial charge in [0, 0.05) is 22.3 Å². The van der Waals surface area contributed by atoms with E-state index in [0.717, 1.165) is 50.7 Å². The molecule has 4 aliphatic rings. The van der Waals surface area contributed by atoms with Crippen LogP contribution in [0.15, 0.2) is 5.11 Å². The maximum absolute atomic E-state index is 13.1. The molecule has 3 N–H and O–H groups in total. The molecular formula is C23H38N6O5S. The van der Waals surface area contributed by atoms with Gasteiger partial charge >= 0.3 is 6.03 Å². The number of carbonyl (C=O) groups excluding carboxylic acids is 2. The van der Waals surface area contributed by atoms with Crippen molar-refractivity contribution in [2.45, 2.75) is 86.2 Å². The second-order valence-corrected chi connectivity index (χ2v) is 11.5. The lowest BCUT2D eigenvalue weighted by Crippen LogP contribution is -2.56. The average molecular weight is 511 g/mol. The maximum atomic E-state index is 13.1. The molecule has 3 aliphatic heterocycles. The molecular weight excluding hydrogens is 472 g/mol. The predicted octanol–water partition coefficient (Wildman–Crippen LogP) is 2.64. The van der Waals surface area contributed by atoms with Crippen molar-refractivity contribution >= 4 is 23.7 Å². The summed E-state index contributed by atoms with van der Waals surface area (Å²) >= 11 is 1.90. The summed E-state index contributed by atoms with van der Waals surface area (Å²) in [6.07, 6.45) is 6.97. The van der Waals surface area contributed by atoms with Gasteiger partial charge in [-0.2, -0.15) is 11.8 Å². The first-order valence-electron chi connectivity index (χ1n) is 12.8. The number of rotatable bonds is 7. The lowest BCUT2D eigenvalue weighted by Gasteiger charge is -2.40. The SMILES string of the molecule is [N-]=[N+]=N[C@]12CCCC[C@@](NC(=O)CCCC[C@H]3SC[C@H]4NC(=O)NC43)(COCCOCCOC1)C2. The molecule has 0 spiro atoms. The van der Waals surface area contributed by atoms with Crippen LogP contribution in [0.4, 0.5) is 4.79 Å². The van der Waals surface area contributed by atoms with Gasteiger partial charge in [0.2, 0.25) is 5.91 Å². The monoisotopic (exact) mass is 510 g/mol. The molecule has 2 bridgehead atoms. The highest BCUT2D eigenvalue weighted by Gasteiger charge is 2.45. The Bertz CT molecular complexity index is 798. The molecule has 0 radical (unpaired) electrons. The quantitative estimate of drug-likeness (QED) is 0.158. The molecule has 3 amide bonds. The molecule has 1 aliphatic carbocycles. The molecule has 4 fully saturated rings. The van der Waals surface area contributed by atoms with Crippen molar-refractivity contribution in [3.8, 4) is 0 Å². The minimum absolute atomic E-state index is 0.00221. The Balaban J connectivity index is 1.33. The number of nitrogens with zero attached hydrogens (tertiary/aromatic N) is 3. The first kappa shape index (κ1) is 26.3. The number of fused-ring (bicyclic) bond motifs is 3. The van der Waals surface area contributed by atoms with Crippen LogP contribution in [-0.2, 0) is 19.0 Å². The van der Waals surface area contributed by atoms with E-state index in [1.165, 1.54) is 0 Å². The van der Waals surface area contributed by atoms with Gasteiger partial charge in [0.05, 0.1) is 62.8 Å². The average Bonchev–Trinajstić information content (AvgIpc) is 3.31. The van der Waals surface area contributed by atoms with Crippen LogP contribution in [-0.4, -0.2) is 85.7 Å². The third-order valence-corrected chi connectivity index (χ3v) is 8.96. The highest BCUT2D eigenvalue weighted by Crippen LogP contribution is 2.38. The normalized spacial score (nSPS) is 35.8. The van der Waals surface area contributed by atoms with Crippen molar-refractivity contribution in [1.82, 2.24) is 16.0 Å². The van der Waals surface area contributed by atoms with Gasteiger partial charge in [-0.1, -0.05) is 24.4 Å². The number of thioether (sulfide) groups is 1. The van der Waals surface area contributed by atoms with E-state index in [1.807, 2.05) is 11.8 Å². The van der Waals surface area contributed by atoms with Gasteiger partial charge in [-0.15, -0.1) is 0 Å². The second kappa shape index (κ2) is 12.5. The van der Waals surface area contributed by atoms with E-state index >= 15 is 0 Å². The molecule has 1 saturated carbocycles. The maximum Gasteiger partial charge on any atom is 0.315 e. The van der Waals surface area contributed by atoms with E-state index in [0.29, 0.717) is 57.7 Å². The first-order chi connectivity index (χ1) is 17.0. The highest BCUT2D eigenvalue weighted by molar-refractivity contribution is 8.00. The Morgan fingerprint density at radius 2 is 1.89 bits per heavy atom. The summed E-state index contributed by atoms with van der Waals surface area (Å²) in [7, 11) is 0. The van der Waals surface area contributed by atoms with Crippen LogP contribution in [0.5, 0.6) is 0 Å². The standard InChI is InChI=1S/C23H38N6O5S/c24-29-28-23-8-4-3-7-22(14-23,15-33-11-9-32-10-12-34-16-23)27-19(30)6-2-1-5-18-20-17(13-35-18)25-21(31)26-20/h17-18,20H,1-16H2,(H,27,30)(H2,25,26,31)/t17-,18-,20?,22+,23+/m1/s1. The van der Waals surface area contributed by atoms with Crippen LogP contribution in [0.2, 0.25) is 0 Å². The topological polar surface area (TPSA) is 147 Å². The van der Waals surface area contributed by atoms with E-state index in [1.54, 1.807) is 0 Å². The first-order valence-corrected chi connectivity index (χ1v) is 13.9. The number of azide groups is 1. The number of hydrogen-bond donors (Lipinski definition) is 3. The Kier molecular flexibility index (Phi) is 9.40. The van der Waals surface area contributed by atoms with Crippen LogP contribution >= 0.6 is 11.8 Å². The van der Waals surface area contributed by atoms with Crippen LogP contribution < -0.4 is 16.0 Å². The van der Waals surface area contributed by atoms with E-state index in [9.17, 15) is 15.1 Å². The summed E-state index contributed by atoms with van der Waals surface area (Å²) in [4.78, 5) is 27.8. The Morgan fingerprint density at radius 3 is 2.71 bits per heavy atom. The van der Waals surface area contributed by atoms with E-state index < -0.39 is 11.1 Å². The Morgan fingerprint density at radius 1 is 1.11 bits per heavy atom. The zero-order chi connectivity index (χ0) is 24.6. The molecule has 1 unspecified atom stereocenters. The number of nitrogens with one attached hydrogen (secondary N) is 3. The number of amides is 3. The minimum Gasteiger partial charge on any atom is -0.378 e.